The summed E-state index contributed by atoms with van der Waals surface area (Å²) in [6.45, 7) is 2.53. The molecular weight excluding hydrogens is 310 g/mol. The number of urea groups is 1. The molecule has 1 saturated carbocycles. The van der Waals surface area contributed by atoms with Gasteiger partial charge in [-0.05, 0) is 43.4 Å². The number of rotatable bonds is 5. The normalized spacial score (nSPS) is 15.2. The lowest BCUT2D eigenvalue weighted by Crippen LogP contribution is -2.39. The Balaban J connectivity index is 1.63. The number of phenols is 1. The van der Waals surface area contributed by atoms with Crippen LogP contribution in [-0.4, -0.2) is 28.1 Å². The zero-order valence-corrected chi connectivity index (χ0v) is 14.1. The number of benzene rings is 1. The zero-order chi connectivity index (χ0) is 16.4. The van der Waals surface area contributed by atoms with Crippen molar-refractivity contribution in [1.29, 1.82) is 0 Å². The Hall–Kier alpha value is -2.08. The zero-order valence-electron chi connectivity index (χ0n) is 13.3. The molecule has 2 amide bonds. The number of carbonyl (C=O) groups is 1. The molecule has 0 aliphatic heterocycles. The summed E-state index contributed by atoms with van der Waals surface area (Å²) in [5.74, 6) is 0.736. The van der Waals surface area contributed by atoms with Crippen molar-refractivity contribution in [2.24, 2.45) is 5.92 Å². The second-order valence-electron chi connectivity index (χ2n) is 6.10. The van der Waals surface area contributed by atoms with Crippen molar-refractivity contribution < 1.29 is 9.90 Å². The van der Waals surface area contributed by atoms with Gasteiger partial charge in [0.05, 0.1) is 6.04 Å². The van der Waals surface area contributed by atoms with Crippen LogP contribution in [0.1, 0.15) is 34.3 Å². The Bertz CT molecular complexity index is 679. The Morgan fingerprint density at radius 3 is 2.70 bits per heavy atom. The van der Waals surface area contributed by atoms with Gasteiger partial charge < -0.3 is 15.3 Å². The van der Waals surface area contributed by atoms with Gasteiger partial charge in [-0.2, -0.15) is 0 Å². The first-order valence-electron chi connectivity index (χ1n) is 7.75. The first kappa shape index (κ1) is 15.8. The number of hydrogen-bond donors (Lipinski definition) is 2. The standard InChI is InChI=1S/C17H21N3O2S/c1-11-9-18-16(23-11)15(13-5-6-13)19-17(22)20(2)10-12-3-7-14(21)8-4-12/h3-4,7-9,13,15,21H,5-6,10H2,1-2H3,(H,19,22)/t15-/m1/s1. The highest BCUT2D eigenvalue weighted by Gasteiger charge is 2.35. The fraction of sp³-hybridized carbons (Fsp3) is 0.412. The molecular formula is C17H21N3O2S. The SMILES string of the molecule is Cc1cnc([C@H](NC(=O)N(C)Cc2ccc(O)cc2)C2CC2)s1. The molecule has 0 saturated heterocycles. The summed E-state index contributed by atoms with van der Waals surface area (Å²) >= 11 is 1.65. The molecule has 122 valence electrons. The van der Waals surface area contributed by atoms with Crippen LogP contribution >= 0.6 is 11.3 Å². The first-order chi connectivity index (χ1) is 11.0. The van der Waals surface area contributed by atoms with Gasteiger partial charge in [0.15, 0.2) is 0 Å². The van der Waals surface area contributed by atoms with Crippen molar-refractivity contribution >= 4 is 17.4 Å². The molecule has 23 heavy (non-hydrogen) atoms. The van der Waals surface area contributed by atoms with E-state index in [2.05, 4.69) is 10.3 Å². The number of nitrogens with one attached hydrogen (secondary N) is 1. The number of phenolic OH excluding ortho intramolecular Hbond substituents is 1. The summed E-state index contributed by atoms with van der Waals surface area (Å²) < 4.78 is 0. The molecule has 2 N–H and O–H groups in total. The van der Waals surface area contributed by atoms with Gasteiger partial charge in [-0.15, -0.1) is 11.3 Å². The summed E-state index contributed by atoms with van der Waals surface area (Å²) in [6.07, 6.45) is 4.15. The van der Waals surface area contributed by atoms with Gasteiger partial charge in [-0.1, -0.05) is 12.1 Å². The van der Waals surface area contributed by atoms with Crippen molar-refractivity contribution in [3.8, 4) is 5.75 Å². The highest BCUT2D eigenvalue weighted by Crippen LogP contribution is 2.42. The number of thiazole rings is 1. The van der Waals surface area contributed by atoms with Crippen LogP contribution in [0.4, 0.5) is 4.79 Å². The van der Waals surface area contributed by atoms with Crippen LogP contribution < -0.4 is 5.32 Å². The molecule has 3 rings (SSSR count). The molecule has 0 bridgehead atoms. The maximum atomic E-state index is 12.5. The molecule has 1 aromatic carbocycles. The second kappa shape index (κ2) is 6.58. The lowest BCUT2D eigenvalue weighted by atomic mass is 10.2. The number of carbonyl (C=O) groups excluding carboxylic acids is 1. The van der Waals surface area contributed by atoms with Crippen molar-refractivity contribution in [3.63, 3.8) is 0 Å². The number of aromatic hydroxyl groups is 1. The van der Waals surface area contributed by atoms with Crippen molar-refractivity contribution in [3.05, 3.63) is 45.9 Å². The van der Waals surface area contributed by atoms with Crippen LogP contribution in [0.3, 0.4) is 0 Å². The van der Waals surface area contributed by atoms with Gasteiger partial charge in [0, 0.05) is 24.7 Å². The van der Waals surface area contributed by atoms with Crippen molar-refractivity contribution in [1.82, 2.24) is 15.2 Å². The van der Waals surface area contributed by atoms with Crippen LogP contribution in [0.5, 0.6) is 5.75 Å². The molecule has 0 radical (unpaired) electrons. The van der Waals surface area contributed by atoms with E-state index in [9.17, 15) is 9.90 Å². The summed E-state index contributed by atoms with van der Waals surface area (Å²) in [7, 11) is 1.78. The fourth-order valence-electron chi connectivity index (χ4n) is 2.52. The van der Waals surface area contributed by atoms with Gasteiger partial charge in [-0.3, -0.25) is 0 Å². The van der Waals surface area contributed by atoms with Crippen LogP contribution in [0.2, 0.25) is 0 Å². The number of amides is 2. The average Bonchev–Trinajstić information content (AvgIpc) is 3.28. The predicted molar refractivity (Wildman–Crippen MR) is 90.4 cm³/mol. The minimum atomic E-state index is -0.0946. The molecule has 1 aromatic heterocycles. The minimum Gasteiger partial charge on any atom is -0.508 e. The van der Waals surface area contributed by atoms with Crippen molar-refractivity contribution in [2.45, 2.75) is 32.4 Å². The maximum absolute atomic E-state index is 12.5. The summed E-state index contributed by atoms with van der Waals surface area (Å²) in [5, 5.41) is 13.4. The molecule has 6 heteroatoms. The van der Waals surface area contributed by atoms with Crippen LogP contribution in [-0.2, 0) is 6.54 Å². The molecule has 1 aliphatic carbocycles. The van der Waals surface area contributed by atoms with E-state index in [1.807, 2.05) is 25.3 Å². The summed E-state index contributed by atoms with van der Waals surface area (Å²) in [5.41, 5.74) is 0.980. The fourth-order valence-corrected chi connectivity index (χ4v) is 3.44. The second-order valence-corrected chi connectivity index (χ2v) is 7.36. The molecule has 1 heterocycles. The lowest BCUT2D eigenvalue weighted by Gasteiger charge is -2.22. The molecule has 2 aromatic rings. The van der Waals surface area contributed by atoms with Gasteiger partial charge in [-0.25, -0.2) is 9.78 Å². The van der Waals surface area contributed by atoms with E-state index in [0.29, 0.717) is 12.5 Å². The van der Waals surface area contributed by atoms with E-state index in [1.54, 1.807) is 35.4 Å². The van der Waals surface area contributed by atoms with Gasteiger partial charge >= 0.3 is 6.03 Å². The molecule has 1 fully saturated rings. The van der Waals surface area contributed by atoms with E-state index in [1.165, 1.54) is 0 Å². The Morgan fingerprint density at radius 1 is 1.43 bits per heavy atom. The first-order valence-corrected chi connectivity index (χ1v) is 8.56. The van der Waals surface area contributed by atoms with Gasteiger partial charge in [0.1, 0.15) is 10.8 Å². The van der Waals surface area contributed by atoms with E-state index in [4.69, 9.17) is 0 Å². The number of hydrogen-bond acceptors (Lipinski definition) is 4. The topological polar surface area (TPSA) is 65.5 Å². The smallest absolute Gasteiger partial charge is 0.318 e. The Labute approximate surface area is 140 Å². The number of nitrogens with zero attached hydrogens (tertiary/aromatic N) is 2. The largest absolute Gasteiger partial charge is 0.508 e. The highest BCUT2D eigenvalue weighted by molar-refractivity contribution is 7.11. The number of aromatic nitrogens is 1. The quantitative estimate of drug-likeness (QED) is 0.882. The highest BCUT2D eigenvalue weighted by atomic mass is 32.1. The lowest BCUT2D eigenvalue weighted by molar-refractivity contribution is 0.201. The van der Waals surface area contributed by atoms with Gasteiger partial charge in [0.2, 0.25) is 0 Å². The molecule has 1 atom stereocenters. The predicted octanol–water partition coefficient (Wildman–Crippen LogP) is 3.45. The van der Waals surface area contributed by atoms with E-state index < -0.39 is 0 Å². The van der Waals surface area contributed by atoms with E-state index >= 15 is 0 Å². The average molecular weight is 331 g/mol. The third-order valence-electron chi connectivity index (χ3n) is 3.98. The molecule has 0 unspecified atom stereocenters. The third-order valence-corrected chi connectivity index (χ3v) is 4.98. The summed E-state index contributed by atoms with van der Waals surface area (Å²) in [6, 6.07) is 6.83. The molecule has 5 nitrogen and oxygen atoms in total. The van der Waals surface area contributed by atoms with Crippen molar-refractivity contribution in [2.75, 3.05) is 7.05 Å². The number of aryl methyl sites for hydroxylation is 1. The maximum Gasteiger partial charge on any atom is 0.318 e. The van der Waals surface area contributed by atoms with E-state index in [0.717, 1.165) is 28.3 Å². The van der Waals surface area contributed by atoms with Crippen LogP contribution in [0, 0.1) is 12.8 Å². The van der Waals surface area contributed by atoms with E-state index in [-0.39, 0.29) is 17.8 Å². The summed E-state index contributed by atoms with van der Waals surface area (Å²) in [4.78, 5) is 19.7. The Kier molecular flexibility index (Phi) is 4.52. The van der Waals surface area contributed by atoms with Crippen LogP contribution in [0.25, 0.3) is 0 Å². The molecule has 1 aliphatic rings. The minimum absolute atomic E-state index is 0.0171. The monoisotopic (exact) mass is 331 g/mol. The third kappa shape index (κ3) is 4.01. The molecule has 0 spiro atoms. The van der Waals surface area contributed by atoms with Crippen LogP contribution in [0.15, 0.2) is 30.5 Å². The van der Waals surface area contributed by atoms with Gasteiger partial charge in [0.25, 0.3) is 0 Å². The Morgan fingerprint density at radius 2 is 2.13 bits per heavy atom.